The van der Waals surface area contributed by atoms with E-state index in [1.807, 2.05) is 16.5 Å². The van der Waals surface area contributed by atoms with Gasteiger partial charge in [0, 0.05) is 22.0 Å². The molecule has 0 saturated heterocycles. The van der Waals surface area contributed by atoms with E-state index in [0.717, 1.165) is 22.3 Å². The SMILES string of the molecule is COc1csc(-c2ccc(-c3cc(C(F)(F)F)[nH]n3)nc2)c1. The Hall–Kier alpha value is -2.35. The molecule has 0 unspecified atom stereocenters. The first-order valence-corrected chi connectivity index (χ1v) is 7.07. The van der Waals surface area contributed by atoms with Crippen LogP contribution in [0.15, 0.2) is 35.8 Å². The van der Waals surface area contributed by atoms with Gasteiger partial charge in [0.05, 0.1) is 12.8 Å². The molecule has 0 spiro atoms. The van der Waals surface area contributed by atoms with E-state index in [9.17, 15) is 13.2 Å². The number of halogens is 3. The summed E-state index contributed by atoms with van der Waals surface area (Å²) in [6.07, 6.45) is -2.85. The summed E-state index contributed by atoms with van der Waals surface area (Å²) in [6, 6.07) is 6.24. The third-order valence-corrected chi connectivity index (χ3v) is 3.96. The second kappa shape index (κ2) is 5.45. The molecule has 0 atom stereocenters. The van der Waals surface area contributed by atoms with Gasteiger partial charge in [-0.05, 0) is 24.3 Å². The number of alkyl halides is 3. The molecule has 114 valence electrons. The highest BCUT2D eigenvalue weighted by Gasteiger charge is 2.33. The van der Waals surface area contributed by atoms with Crippen molar-refractivity contribution >= 4 is 11.3 Å². The first kappa shape index (κ1) is 14.6. The minimum atomic E-state index is -4.45. The number of nitrogens with zero attached hydrogens (tertiary/aromatic N) is 2. The van der Waals surface area contributed by atoms with Gasteiger partial charge >= 0.3 is 6.18 Å². The largest absolute Gasteiger partial charge is 0.496 e. The molecule has 3 rings (SSSR count). The summed E-state index contributed by atoms with van der Waals surface area (Å²) < 4.78 is 42.7. The smallest absolute Gasteiger partial charge is 0.432 e. The zero-order chi connectivity index (χ0) is 15.7. The molecule has 0 aliphatic rings. The topological polar surface area (TPSA) is 50.8 Å². The Kier molecular flexibility index (Phi) is 3.61. The predicted molar refractivity (Wildman–Crippen MR) is 76.7 cm³/mol. The Morgan fingerprint density at radius 2 is 2.00 bits per heavy atom. The number of rotatable bonds is 3. The fourth-order valence-corrected chi connectivity index (χ4v) is 2.71. The minimum absolute atomic E-state index is 0.155. The Morgan fingerprint density at radius 3 is 2.55 bits per heavy atom. The highest BCUT2D eigenvalue weighted by molar-refractivity contribution is 7.13. The van der Waals surface area contributed by atoms with Crippen molar-refractivity contribution in [2.45, 2.75) is 6.18 Å². The lowest BCUT2D eigenvalue weighted by Crippen LogP contribution is -2.04. The van der Waals surface area contributed by atoms with Crippen molar-refractivity contribution in [3.8, 4) is 27.6 Å². The number of pyridine rings is 1. The molecule has 0 aromatic carbocycles. The fraction of sp³-hybridized carbons (Fsp3) is 0.143. The summed E-state index contributed by atoms with van der Waals surface area (Å²) in [6.45, 7) is 0. The Balaban J connectivity index is 1.86. The number of aromatic amines is 1. The van der Waals surface area contributed by atoms with Gasteiger partial charge < -0.3 is 4.74 Å². The van der Waals surface area contributed by atoms with Gasteiger partial charge in [-0.3, -0.25) is 10.1 Å². The van der Waals surface area contributed by atoms with Crippen LogP contribution in [0, 0.1) is 0 Å². The third kappa shape index (κ3) is 2.82. The number of H-pyrrole nitrogens is 1. The lowest BCUT2D eigenvalue weighted by Gasteiger charge is -2.00. The fourth-order valence-electron chi connectivity index (χ4n) is 1.87. The molecular formula is C14H10F3N3OS. The third-order valence-electron chi connectivity index (χ3n) is 3.00. The lowest BCUT2D eigenvalue weighted by atomic mass is 10.2. The van der Waals surface area contributed by atoms with Crippen LogP contribution < -0.4 is 4.74 Å². The lowest BCUT2D eigenvalue weighted by molar-refractivity contribution is -0.141. The molecule has 0 aliphatic heterocycles. The number of thiophene rings is 1. The Morgan fingerprint density at radius 1 is 1.18 bits per heavy atom. The van der Waals surface area contributed by atoms with Crippen molar-refractivity contribution in [1.82, 2.24) is 15.2 Å². The quantitative estimate of drug-likeness (QED) is 0.784. The average molecular weight is 325 g/mol. The zero-order valence-electron chi connectivity index (χ0n) is 11.3. The number of methoxy groups -OCH3 is 1. The molecule has 3 aromatic rings. The maximum atomic E-state index is 12.5. The van der Waals surface area contributed by atoms with Crippen LogP contribution >= 0.6 is 11.3 Å². The maximum absolute atomic E-state index is 12.5. The van der Waals surface area contributed by atoms with Gasteiger partial charge in [-0.15, -0.1) is 11.3 Å². The van der Waals surface area contributed by atoms with Crippen LogP contribution in [0.2, 0.25) is 0 Å². The van der Waals surface area contributed by atoms with Crippen molar-refractivity contribution in [2.75, 3.05) is 7.11 Å². The van der Waals surface area contributed by atoms with Crippen LogP contribution in [0.5, 0.6) is 5.75 Å². The number of hydrogen-bond donors (Lipinski definition) is 1. The number of ether oxygens (including phenoxy) is 1. The Bertz CT molecular complexity index is 777. The molecule has 4 nitrogen and oxygen atoms in total. The van der Waals surface area contributed by atoms with Crippen LogP contribution in [0.1, 0.15) is 5.69 Å². The van der Waals surface area contributed by atoms with Crippen LogP contribution in [0.25, 0.3) is 21.8 Å². The van der Waals surface area contributed by atoms with Crippen LogP contribution in [-0.2, 0) is 6.18 Å². The van der Waals surface area contributed by atoms with Gasteiger partial charge in [0.15, 0.2) is 0 Å². The van der Waals surface area contributed by atoms with Gasteiger partial charge in [0.1, 0.15) is 17.1 Å². The van der Waals surface area contributed by atoms with E-state index >= 15 is 0 Å². The molecule has 3 aromatic heterocycles. The maximum Gasteiger partial charge on any atom is 0.432 e. The van der Waals surface area contributed by atoms with E-state index < -0.39 is 11.9 Å². The van der Waals surface area contributed by atoms with E-state index in [1.54, 1.807) is 25.4 Å². The molecule has 0 bridgehead atoms. The summed E-state index contributed by atoms with van der Waals surface area (Å²) in [4.78, 5) is 5.14. The first-order valence-electron chi connectivity index (χ1n) is 6.19. The zero-order valence-corrected chi connectivity index (χ0v) is 12.1. The van der Waals surface area contributed by atoms with Crippen LogP contribution in [-0.4, -0.2) is 22.3 Å². The van der Waals surface area contributed by atoms with E-state index in [1.165, 1.54) is 11.3 Å². The number of nitrogens with one attached hydrogen (secondary N) is 1. The molecule has 3 heterocycles. The normalized spacial score (nSPS) is 11.6. The molecule has 0 radical (unpaired) electrons. The molecule has 8 heteroatoms. The molecule has 0 amide bonds. The van der Waals surface area contributed by atoms with Crippen LogP contribution in [0.4, 0.5) is 13.2 Å². The molecule has 0 fully saturated rings. The number of hydrogen-bond acceptors (Lipinski definition) is 4. The summed E-state index contributed by atoms with van der Waals surface area (Å²) in [5, 5.41) is 7.49. The van der Waals surface area contributed by atoms with Gasteiger partial charge in [0.25, 0.3) is 0 Å². The molecule has 22 heavy (non-hydrogen) atoms. The van der Waals surface area contributed by atoms with Gasteiger partial charge in [-0.1, -0.05) is 0 Å². The summed E-state index contributed by atoms with van der Waals surface area (Å²) in [5.41, 5.74) is 0.502. The van der Waals surface area contributed by atoms with E-state index in [4.69, 9.17) is 4.74 Å². The second-order valence-corrected chi connectivity index (χ2v) is 5.36. The average Bonchev–Trinajstić information content (AvgIpc) is 3.16. The van der Waals surface area contributed by atoms with Gasteiger partial charge in [-0.25, -0.2) is 0 Å². The van der Waals surface area contributed by atoms with Crippen molar-refractivity contribution in [1.29, 1.82) is 0 Å². The summed E-state index contributed by atoms with van der Waals surface area (Å²) in [5.74, 6) is 0.756. The van der Waals surface area contributed by atoms with E-state index in [-0.39, 0.29) is 5.69 Å². The van der Waals surface area contributed by atoms with E-state index in [2.05, 4.69) is 10.1 Å². The van der Waals surface area contributed by atoms with Gasteiger partial charge in [0.2, 0.25) is 0 Å². The van der Waals surface area contributed by atoms with Crippen molar-refractivity contribution < 1.29 is 17.9 Å². The monoisotopic (exact) mass is 325 g/mol. The molecule has 1 N–H and O–H groups in total. The molecular weight excluding hydrogens is 315 g/mol. The highest BCUT2D eigenvalue weighted by Crippen LogP contribution is 2.32. The standard InChI is InChI=1S/C14H10F3N3OS/c1-21-9-4-12(22-7-9)8-2-3-10(18-6-8)11-5-13(20-19-11)14(15,16)17/h2-7H,1H3,(H,19,20). The van der Waals surface area contributed by atoms with Crippen molar-refractivity contribution in [2.24, 2.45) is 0 Å². The summed E-state index contributed by atoms with van der Waals surface area (Å²) >= 11 is 1.50. The minimum Gasteiger partial charge on any atom is -0.496 e. The molecule has 0 saturated carbocycles. The van der Waals surface area contributed by atoms with Crippen LogP contribution in [0.3, 0.4) is 0 Å². The Labute approximate surface area is 127 Å². The van der Waals surface area contributed by atoms with Gasteiger partial charge in [-0.2, -0.15) is 18.3 Å². The van der Waals surface area contributed by atoms with Crippen molar-refractivity contribution in [3.63, 3.8) is 0 Å². The highest BCUT2D eigenvalue weighted by atomic mass is 32.1. The molecule has 0 aliphatic carbocycles. The van der Waals surface area contributed by atoms with Crippen molar-refractivity contribution in [3.05, 3.63) is 41.5 Å². The van der Waals surface area contributed by atoms with E-state index in [0.29, 0.717) is 5.69 Å². The summed E-state index contributed by atoms with van der Waals surface area (Å²) in [7, 11) is 1.59. The second-order valence-electron chi connectivity index (χ2n) is 4.45. The first-order chi connectivity index (χ1) is 10.5. The predicted octanol–water partition coefficient (Wildman–Crippen LogP) is 4.23. The number of aromatic nitrogens is 3.